The van der Waals surface area contributed by atoms with Gasteiger partial charge in [0.1, 0.15) is 11.4 Å². The number of hydrogen-bond donors (Lipinski definition) is 0. The van der Waals surface area contributed by atoms with Gasteiger partial charge in [-0.3, -0.25) is 4.90 Å². The number of nitrogens with zero attached hydrogens (tertiary/aromatic N) is 5. The molecule has 2 aliphatic rings. The highest BCUT2D eigenvalue weighted by Crippen LogP contribution is 2.40. The van der Waals surface area contributed by atoms with Crippen LogP contribution in [0.3, 0.4) is 0 Å². The first kappa shape index (κ1) is 27.1. The molecule has 5 rings (SSSR count). The monoisotopic (exact) mass is 533 g/mol. The maximum absolute atomic E-state index is 13.0. The summed E-state index contributed by atoms with van der Waals surface area (Å²) in [5.41, 5.74) is 2.68. The minimum absolute atomic E-state index is 0.0136. The van der Waals surface area contributed by atoms with Crippen LogP contribution in [0.1, 0.15) is 49.6 Å². The zero-order chi connectivity index (χ0) is 27.6. The summed E-state index contributed by atoms with van der Waals surface area (Å²) in [6, 6.07) is 16.3. The van der Waals surface area contributed by atoms with Crippen molar-refractivity contribution in [2.75, 3.05) is 53.4 Å². The Hall–Kier alpha value is -3.43. The van der Waals surface area contributed by atoms with Gasteiger partial charge in [-0.05, 0) is 57.1 Å². The van der Waals surface area contributed by atoms with Gasteiger partial charge < -0.3 is 23.8 Å². The van der Waals surface area contributed by atoms with Crippen LogP contribution in [-0.4, -0.2) is 90.0 Å². The van der Waals surface area contributed by atoms with Crippen LogP contribution in [0, 0.1) is 0 Å². The Bertz CT molecular complexity index is 1260. The van der Waals surface area contributed by atoms with Gasteiger partial charge in [-0.25, -0.2) is 4.79 Å². The fourth-order valence-corrected chi connectivity index (χ4v) is 5.29. The van der Waals surface area contributed by atoms with E-state index in [9.17, 15) is 4.79 Å². The van der Waals surface area contributed by atoms with Crippen LogP contribution in [0.4, 0.5) is 4.79 Å². The molecule has 2 aliphatic heterocycles. The predicted molar refractivity (Wildman–Crippen MR) is 149 cm³/mol. The molecule has 0 unspecified atom stereocenters. The van der Waals surface area contributed by atoms with E-state index in [1.807, 2.05) is 51.1 Å². The molecule has 2 fully saturated rings. The lowest BCUT2D eigenvalue weighted by molar-refractivity contribution is 0.0289. The summed E-state index contributed by atoms with van der Waals surface area (Å²) < 4.78 is 16.9. The van der Waals surface area contributed by atoms with E-state index in [-0.39, 0.29) is 17.9 Å². The zero-order valence-electron chi connectivity index (χ0n) is 23.6. The number of amides is 1. The molecule has 0 spiro atoms. The van der Waals surface area contributed by atoms with E-state index < -0.39 is 5.60 Å². The van der Waals surface area contributed by atoms with Gasteiger partial charge >= 0.3 is 6.09 Å². The molecule has 9 heteroatoms. The summed E-state index contributed by atoms with van der Waals surface area (Å²) in [4.78, 5) is 24.4. The third-order valence-corrected chi connectivity index (χ3v) is 7.46. The molecular formula is C30H39N5O4. The van der Waals surface area contributed by atoms with Crippen molar-refractivity contribution in [1.82, 2.24) is 24.8 Å². The fourth-order valence-electron chi connectivity index (χ4n) is 5.29. The normalized spacial score (nSPS) is 20.8. The topological polar surface area (TPSA) is 84.2 Å². The van der Waals surface area contributed by atoms with Crippen molar-refractivity contribution in [2.45, 2.75) is 44.8 Å². The Morgan fingerprint density at radius 2 is 1.74 bits per heavy atom. The summed E-state index contributed by atoms with van der Waals surface area (Å²) in [5.74, 6) is 1.71. The number of likely N-dealkylation sites (N-methyl/N-ethyl adjacent to an activating group) is 1. The number of benzene rings is 2. The van der Waals surface area contributed by atoms with Crippen LogP contribution >= 0.6 is 0 Å². The molecule has 2 saturated heterocycles. The van der Waals surface area contributed by atoms with Crippen LogP contribution in [0.15, 0.2) is 53.1 Å². The average molecular weight is 534 g/mol. The minimum Gasteiger partial charge on any atom is -0.497 e. The molecule has 1 aromatic heterocycles. The van der Waals surface area contributed by atoms with Gasteiger partial charge in [0.2, 0.25) is 11.7 Å². The molecule has 2 atom stereocenters. The van der Waals surface area contributed by atoms with Gasteiger partial charge in [-0.15, -0.1) is 0 Å². The van der Waals surface area contributed by atoms with Gasteiger partial charge in [0.05, 0.1) is 13.0 Å². The number of rotatable bonds is 6. The van der Waals surface area contributed by atoms with Crippen LogP contribution in [0.5, 0.6) is 5.75 Å². The lowest BCUT2D eigenvalue weighted by Crippen LogP contribution is -2.43. The second kappa shape index (κ2) is 11.4. The highest BCUT2D eigenvalue weighted by molar-refractivity contribution is 5.69. The van der Waals surface area contributed by atoms with E-state index in [2.05, 4.69) is 40.2 Å². The first-order valence-electron chi connectivity index (χ1n) is 13.6. The fraction of sp³-hybridized carbons (Fsp3) is 0.500. The number of likely N-dealkylation sites (tertiary alicyclic amines) is 1. The van der Waals surface area contributed by atoms with Crippen molar-refractivity contribution < 1.29 is 18.8 Å². The second-order valence-corrected chi connectivity index (χ2v) is 11.6. The van der Waals surface area contributed by atoms with Crippen molar-refractivity contribution in [3.63, 3.8) is 0 Å². The number of piperazine rings is 1. The number of hydrogen-bond acceptors (Lipinski definition) is 8. The largest absolute Gasteiger partial charge is 0.497 e. The third-order valence-electron chi connectivity index (χ3n) is 7.46. The molecule has 39 heavy (non-hydrogen) atoms. The quantitative estimate of drug-likeness (QED) is 0.454. The molecule has 0 N–H and O–H groups in total. The zero-order valence-corrected chi connectivity index (χ0v) is 23.6. The van der Waals surface area contributed by atoms with Crippen molar-refractivity contribution in [3.8, 4) is 17.1 Å². The Labute approximate surface area is 230 Å². The number of ether oxygens (including phenoxy) is 2. The molecule has 0 bridgehead atoms. The molecule has 0 aliphatic carbocycles. The summed E-state index contributed by atoms with van der Waals surface area (Å²) in [6.07, 6.45) is -0.333. The van der Waals surface area contributed by atoms with Gasteiger partial charge in [-0.2, -0.15) is 4.98 Å². The van der Waals surface area contributed by atoms with Crippen LogP contribution in [0.2, 0.25) is 0 Å². The van der Waals surface area contributed by atoms with E-state index in [4.69, 9.17) is 19.0 Å². The van der Waals surface area contributed by atoms with E-state index in [0.29, 0.717) is 24.8 Å². The standard InChI is InChI=1S/C30H39N5O4/c1-30(2,3)38-29(36)35-19-25(22-9-11-24(37-5)12-10-22)26(20-35)28-31-27(32-39-28)23-8-6-7-21(17-23)18-34-15-13-33(4)14-16-34/h6-12,17,25-26H,13-16,18-20H2,1-5H3/t25-,26-/m0/s1. The molecule has 9 nitrogen and oxygen atoms in total. The number of carbonyl (C=O) groups excluding carboxylic acids is 1. The van der Waals surface area contributed by atoms with Crippen LogP contribution < -0.4 is 4.74 Å². The summed E-state index contributed by atoms with van der Waals surface area (Å²) in [7, 11) is 3.82. The molecule has 1 amide bonds. The van der Waals surface area contributed by atoms with Crippen molar-refractivity contribution in [3.05, 3.63) is 65.5 Å². The number of aromatic nitrogens is 2. The molecule has 2 aromatic carbocycles. The van der Waals surface area contributed by atoms with Gasteiger partial charge in [0, 0.05) is 57.3 Å². The SMILES string of the molecule is COc1ccc([C@@H]2CN(C(=O)OC(C)(C)C)C[C@@H]2c2nc(-c3cccc(CN4CCN(C)CC4)c3)no2)cc1. The maximum atomic E-state index is 13.0. The Kier molecular flexibility index (Phi) is 7.91. The van der Waals surface area contributed by atoms with Gasteiger partial charge in [0.15, 0.2) is 0 Å². The van der Waals surface area contributed by atoms with E-state index in [1.54, 1.807) is 12.0 Å². The lowest BCUT2D eigenvalue weighted by atomic mass is 9.89. The Morgan fingerprint density at radius 1 is 1.03 bits per heavy atom. The first-order valence-corrected chi connectivity index (χ1v) is 13.6. The molecule has 0 saturated carbocycles. The van der Waals surface area contributed by atoms with Gasteiger partial charge in [-0.1, -0.05) is 35.5 Å². The highest BCUT2D eigenvalue weighted by atomic mass is 16.6. The Balaban J connectivity index is 1.36. The molecular weight excluding hydrogens is 494 g/mol. The molecule has 3 aromatic rings. The predicted octanol–water partition coefficient (Wildman–Crippen LogP) is 4.61. The number of carbonyl (C=O) groups is 1. The first-order chi connectivity index (χ1) is 18.7. The van der Waals surface area contributed by atoms with Crippen molar-refractivity contribution >= 4 is 6.09 Å². The smallest absolute Gasteiger partial charge is 0.410 e. The van der Waals surface area contributed by atoms with E-state index in [0.717, 1.165) is 49.6 Å². The lowest BCUT2D eigenvalue weighted by Gasteiger charge is -2.32. The summed E-state index contributed by atoms with van der Waals surface area (Å²) in [6.45, 7) is 11.8. The Morgan fingerprint density at radius 3 is 2.44 bits per heavy atom. The van der Waals surface area contributed by atoms with Gasteiger partial charge in [0.25, 0.3) is 0 Å². The average Bonchev–Trinajstić information content (AvgIpc) is 3.57. The molecule has 3 heterocycles. The highest BCUT2D eigenvalue weighted by Gasteiger charge is 2.41. The van der Waals surface area contributed by atoms with Crippen molar-refractivity contribution in [2.24, 2.45) is 0 Å². The second-order valence-electron chi connectivity index (χ2n) is 11.6. The maximum Gasteiger partial charge on any atom is 0.410 e. The van der Waals surface area contributed by atoms with E-state index in [1.165, 1.54) is 5.56 Å². The number of methoxy groups -OCH3 is 1. The summed E-state index contributed by atoms with van der Waals surface area (Å²) in [5, 5.41) is 4.35. The van der Waals surface area contributed by atoms with Crippen LogP contribution in [0.25, 0.3) is 11.4 Å². The van der Waals surface area contributed by atoms with E-state index >= 15 is 0 Å². The van der Waals surface area contributed by atoms with Crippen LogP contribution in [-0.2, 0) is 11.3 Å². The minimum atomic E-state index is -0.572. The molecule has 208 valence electrons. The summed E-state index contributed by atoms with van der Waals surface area (Å²) >= 11 is 0. The third kappa shape index (κ3) is 6.59. The van der Waals surface area contributed by atoms with Crippen molar-refractivity contribution in [1.29, 1.82) is 0 Å². The molecule has 0 radical (unpaired) electrons.